The van der Waals surface area contributed by atoms with Gasteiger partial charge in [-0.3, -0.25) is 9.59 Å². The predicted octanol–water partition coefficient (Wildman–Crippen LogP) is -1.75. The number of aliphatic carboxylic acids is 1. The first kappa shape index (κ1) is 28.3. The van der Waals surface area contributed by atoms with Gasteiger partial charge in [-0.15, -0.1) is 0 Å². The van der Waals surface area contributed by atoms with E-state index in [1.807, 2.05) is 0 Å². The first-order valence-electron chi connectivity index (χ1n) is 8.29. The van der Waals surface area contributed by atoms with Crippen LogP contribution in [0.2, 0.25) is 0 Å². The quantitative estimate of drug-likeness (QED) is 0.157. The smallest absolute Gasteiger partial charge is 0.832 e. The van der Waals surface area contributed by atoms with Gasteiger partial charge in [-0.1, -0.05) is 64.7 Å². The van der Waals surface area contributed by atoms with Gasteiger partial charge in [-0.2, -0.15) is 0 Å². The summed E-state index contributed by atoms with van der Waals surface area (Å²) in [6, 6.07) is 0. The third kappa shape index (κ3) is 33.2. The average molecular weight is 340 g/mol. The van der Waals surface area contributed by atoms with Gasteiger partial charge in [0.05, 0.1) is 6.61 Å². The monoisotopic (exact) mass is 340 g/mol. The predicted molar refractivity (Wildman–Crippen MR) is 85.2 cm³/mol. The van der Waals surface area contributed by atoms with E-state index in [1.165, 1.54) is 51.4 Å². The summed E-state index contributed by atoms with van der Waals surface area (Å²) in [6.45, 7) is 2.58. The molecule has 0 aliphatic carbocycles. The van der Waals surface area contributed by atoms with Crippen LogP contribution in [-0.4, -0.2) is 41.0 Å². The van der Waals surface area contributed by atoms with Crippen LogP contribution < -0.4 is 23.9 Å². The minimum Gasteiger partial charge on any atom is -0.832 e. The number of hydrogen-bond acceptors (Lipinski definition) is 6. The van der Waals surface area contributed by atoms with Crippen molar-refractivity contribution in [3.63, 3.8) is 0 Å². The van der Waals surface area contributed by atoms with Crippen LogP contribution in [0.4, 0.5) is 0 Å². The van der Waals surface area contributed by atoms with Gasteiger partial charge in [0.1, 0.15) is 6.42 Å². The van der Waals surface area contributed by atoms with Crippen molar-refractivity contribution in [2.75, 3.05) is 6.61 Å². The molecule has 0 bridgehead atoms. The molecule has 3 N–H and O–H groups in total. The number of rotatable bonds is 13. The van der Waals surface area contributed by atoms with Gasteiger partial charge in [0.15, 0.2) is 0 Å². The molecule has 136 valence electrons. The number of carboxylic acid groups (broad SMARTS) is 1. The van der Waals surface area contributed by atoms with Crippen LogP contribution in [0, 0.1) is 0 Å². The molecule has 0 rings (SSSR count). The number of carbonyl (C=O) groups is 2. The first-order chi connectivity index (χ1) is 10.9. The molecular weight excluding hydrogens is 310 g/mol. The second kappa shape index (κ2) is 22.5. The van der Waals surface area contributed by atoms with Crippen molar-refractivity contribution in [3.8, 4) is 0 Å². The molecule has 0 saturated heterocycles. The van der Waals surface area contributed by atoms with Crippen LogP contribution in [0.15, 0.2) is 0 Å². The summed E-state index contributed by atoms with van der Waals surface area (Å²) in [5.41, 5.74) is 0. The normalized spacial score (nSPS) is 9.33. The topological polar surface area (TPSA) is 127 Å². The minimum absolute atomic E-state index is 0. The number of ether oxygens (including phenoxy) is 1. The number of hydrogen-bond donors (Lipinski definition) is 3. The molecule has 0 aliphatic rings. The van der Waals surface area contributed by atoms with Gasteiger partial charge in [0, 0.05) is 0 Å². The average Bonchev–Trinajstić information content (AvgIpc) is 2.43. The van der Waals surface area contributed by atoms with E-state index in [9.17, 15) is 9.59 Å². The zero-order valence-electron chi connectivity index (χ0n) is 15.0. The van der Waals surface area contributed by atoms with E-state index in [2.05, 4.69) is 6.92 Å². The van der Waals surface area contributed by atoms with E-state index in [-0.39, 0.29) is 18.9 Å². The summed E-state index contributed by atoms with van der Waals surface area (Å²) in [6.07, 6.45) is 11.7. The minimum atomic E-state index is -2.42. The Morgan fingerprint density at radius 2 is 1.29 bits per heavy atom. The van der Waals surface area contributed by atoms with Crippen molar-refractivity contribution >= 4 is 19.3 Å². The molecule has 0 saturated carbocycles. The number of unbranched alkanes of at least 4 members (excludes halogenated alkanes) is 9. The number of esters is 1. The van der Waals surface area contributed by atoms with Crippen molar-refractivity contribution in [1.82, 2.24) is 0 Å². The van der Waals surface area contributed by atoms with Crippen LogP contribution in [0.25, 0.3) is 0 Å². The maximum Gasteiger partial charge on any atom is 1.00 e. The third-order valence-electron chi connectivity index (χ3n) is 3.06. The second-order valence-corrected chi connectivity index (χ2v) is 5.30. The molecular formula is C15H30BLiO7. The van der Waals surface area contributed by atoms with Crippen LogP contribution in [0.3, 0.4) is 0 Å². The van der Waals surface area contributed by atoms with Crippen LogP contribution in [0.5, 0.6) is 0 Å². The molecule has 0 fully saturated rings. The fraction of sp³-hybridized carbons (Fsp3) is 0.867. The van der Waals surface area contributed by atoms with Gasteiger partial charge >= 0.3 is 38.1 Å². The summed E-state index contributed by atoms with van der Waals surface area (Å²) < 4.78 is 4.81. The molecule has 0 atom stereocenters. The molecule has 24 heavy (non-hydrogen) atoms. The molecule has 0 aromatic heterocycles. The SMILES string of the molecule is CCCCCCCCCCCCOC(=O)CC(=O)O.[Li+].[O-]B(O)O. The Hall–Kier alpha value is -0.518. The van der Waals surface area contributed by atoms with Gasteiger partial charge < -0.3 is 24.9 Å². The van der Waals surface area contributed by atoms with Crippen LogP contribution >= 0.6 is 0 Å². The largest absolute Gasteiger partial charge is 1.00 e. The summed E-state index contributed by atoms with van der Waals surface area (Å²) in [4.78, 5) is 21.1. The van der Waals surface area contributed by atoms with Crippen molar-refractivity contribution in [2.24, 2.45) is 0 Å². The fourth-order valence-corrected chi connectivity index (χ4v) is 1.95. The molecule has 0 radical (unpaired) electrons. The standard InChI is InChI=1S/C15H28O4.BH2O3.Li/c1-2-3-4-5-6-7-8-9-10-11-12-19-15(18)13-14(16)17;2-1(3)4;/h2-13H2,1H3,(H,16,17);2-3H;/q;-1;+1. The Kier molecular flexibility index (Phi) is 26.5. The zero-order chi connectivity index (χ0) is 17.9. The van der Waals surface area contributed by atoms with Crippen LogP contribution in [-0.2, 0) is 14.3 Å². The van der Waals surface area contributed by atoms with E-state index in [4.69, 9.17) is 24.9 Å². The van der Waals surface area contributed by atoms with E-state index < -0.39 is 25.7 Å². The molecule has 0 aliphatic heterocycles. The number of carbonyl (C=O) groups excluding carboxylic acids is 1. The summed E-state index contributed by atoms with van der Waals surface area (Å²) in [5.74, 6) is -1.77. The Morgan fingerprint density at radius 3 is 1.67 bits per heavy atom. The maximum absolute atomic E-state index is 10.9. The third-order valence-corrected chi connectivity index (χ3v) is 3.06. The molecule has 9 heteroatoms. The Balaban J connectivity index is -0.000000787. The van der Waals surface area contributed by atoms with E-state index in [1.54, 1.807) is 0 Å². The van der Waals surface area contributed by atoms with E-state index in [0.29, 0.717) is 6.61 Å². The van der Waals surface area contributed by atoms with Gasteiger partial charge in [0.2, 0.25) is 0 Å². The van der Waals surface area contributed by atoms with E-state index in [0.717, 1.165) is 12.8 Å². The summed E-state index contributed by atoms with van der Waals surface area (Å²) in [5, 5.41) is 31.1. The zero-order valence-corrected chi connectivity index (χ0v) is 15.0. The van der Waals surface area contributed by atoms with Gasteiger partial charge in [0.25, 0.3) is 0 Å². The first-order valence-corrected chi connectivity index (χ1v) is 8.29. The van der Waals surface area contributed by atoms with Gasteiger partial charge in [-0.05, 0) is 6.42 Å². The molecule has 0 spiro atoms. The fourth-order valence-electron chi connectivity index (χ4n) is 1.95. The molecule has 0 aromatic rings. The Labute approximate surface area is 157 Å². The summed E-state index contributed by atoms with van der Waals surface area (Å²) >= 11 is 0. The van der Waals surface area contributed by atoms with E-state index >= 15 is 0 Å². The number of carboxylic acids is 1. The molecule has 0 unspecified atom stereocenters. The Bertz CT molecular complexity index is 288. The van der Waals surface area contributed by atoms with Crippen LogP contribution in [0.1, 0.15) is 77.6 Å². The molecule has 0 heterocycles. The molecule has 0 aromatic carbocycles. The van der Waals surface area contributed by atoms with Crippen molar-refractivity contribution in [1.29, 1.82) is 0 Å². The second-order valence-electron chi connectivity index (χ2n) is 5.30. The van der Waals surface area contributed by atoms with Gasteiger partial charge in [-0.25, -0.2) is 0 Å². The molecule has 7 nitrogen and oxygen atoms in total. The molecule has 0 amide bonds. The maximum atomic E-state index is 10.9. The van der Waals surface area contributed by atoms with Crippen molar-refractivity contribution < 1.29 is 53.4 Å². The van der Waals surface area contributed by atoms with Crippen molar-refractivity contribution in [2.45, 2.75) is 77.6 Å². The van der Waals surface area contributed by atoms with Crippen molar-refractivity contribution in [3.05, 3.63) is 0 Å². The Morgan fingerprint density at radius 1 is 0.917 bits per heavy atom. The summed E-state index contributed by atoms with van der Waals surface area (Å²) in [7, 11) is -2.42.